The Labute approximate surface area is 139 Å². The number of carbonyl (C=O) groups is 1. The quantitative estimate of drug-likeness (QED) is 0.752. The van der Waals surface area contributed by atoms with Crippen molar-refractivity contribution in [3.63, 3.8) is 0 Å². The summed E-state index contributed by atoms with van der Waals surface area (Å²) >= 11 is 0. The lowest BCUT2D eigenvalue weighted by Crippen LogP contribution is -2.19. The molecule has 0 saturated heterocycles. The van der Waals surface area contributed by atoms with Crippen molar-refractivity contribution in [1.29, 1.82) is 0 Å². The number of phenols is 1. The van der Waals surface area contributed by atoms with Crippen LogP contribution in [0.2, 0.25) is 0 Å². The topological polar surface area (TPSA) is 94.5 Å². The summed E-state index contributed by atoms with van der Waals surface area (Å²) in [5.41, 5.74) is -0.201. The molecule has 0 aromatic heterocycles. The molecule has 1 unspecified atom stereocenters. The van der Waals surface area contributed by atoms with Gasteiger partial charge >= 0.3 is 5.97 Å². The van der Waals surface area contributed by atoms with Crippen LogP contribution >= 0.6 is 0 Å². The molecule has 0 radical (unpaired) electrons. The van der Waals surface area contributed by atoms with Crippen molar-refractivity contribution in [3.05, 3.63) is 42.0 Å². The van der Waals surface area contributed by atoms with Crippen molar-refractivity contribution in [2.45, 2.75) is 13.2 Å². The SMILES string of the molecule is COc1cc(OC)cc(OC(C)Oc2ccc(C(=O)O)c(O)c2)c1. The van der Waals surface area contributed by atoms with Crippen molar-refractivity contribution >= 4 is 5.97 Å². The Balaban J connectivity index is 2.09. The molecule has 0 aliphatic rings. The number of ether oxygens (including phenoxy) is 4. The molecule has 24 heavy (non-hydrogen) atoms. The Morgan fingerprint density at radius 1 is 0.917 bits per heavy atom. The van der Waals surface area contributed by atoms with E-state index in [0.29, 0.717) is 17.2 Å². The zero-order valence-corrected chi connectivity index (χ0v) is 13.5. The molecule has 0 saturated carbocycles. The monoisotopic (exact) mass is 334 g/mol. The molecular weight excluding hydrogens is 316 g/mol. The number of carboxylic acids is 1. The molecular formula is C17H18O7. The maximum atomic E-state index is 10.9. The molecule has 7 heteroatoms. The van der Waals surface area contributed by atoms with E-state index in [1.807, 2.05) is 0 Å². The largest absolute Gasteiger partial charge is 0.507 e. The van der Waals surface area contributed by atoms with E-state index in [2.05, 4.69) is 0 Å². The second kappa shape index (κ2) is 7.45. The normalized spacial score (nSPS) is 11.5. The van der Waals surface area contributed by atoms with Gasteiger partial charge in [-0.05, 0) is 12.1 Å². The molecule has 0 spiro atoms. The Hall–Kier alpha value is -3.09. The average molecular weight is 334 g/mol. The summed E-state index contributed by atoms with van der Waals surface area (Å²) in [4.78, 5) is 10.9. The third kappa shape index (κ3) is 4.22. The molecule has 2 aromatic rings. The van der Waals surface area contributed by atoms with Crippen LogP contribution in [0.25, 0.3) is 0 Å². The number of aromatic carboxylic acids is 1. The van der Waals surface area contributed by atoms with E-state index in [1.54, 1.807) is 25.1 Å². The van der Waals surface area contributed by atoms with Crippen molar-refractivity contribution in [3.8, 4) is 28.7 Å². The first-order chi connectivity index (χ1) is 11.4. The van der Waals surface area contributed by atoms with E-state index in [9.17, 15) is 9.90 Å². The second-order valence-corrected chi connectivity index (χ2v) is 4.84. The Bertz CT molecular complexity index is 705. The Morgan fingerprint density at radius 3 is 1.96 bits per heavy atom. The number of rotatable bonds is 7. The molecule has 0 fully saturated rings. The van der Waals surface area contributed by atoms with Crippen molar-refractivity contribution < 1.29 is 34.0 Å². The second-order valence-electron chi connectivity index (χ2n) is 4.84. The molecule has 2 aromatic carbocycles. The lowest BCUT2D eigenvalue weighted by Gasteiger charge is -2.18. The summed E-state index contributed by atoms with van der Waals surface area (Å²) in [6.45, 7) is 1.66. The Kier molecular flexibility index (Phi) is 5.36. The van der Waals surface area contributed by atoms with Gasteiger partial charge in [0.05, 0.1) is 14.2 Å². The average Bonchev–Trinajstić information content (AvgIpc) is 2.53. The van der Waals surface area contributed by atoms with Gasteiger partial charge < -0.3 is 29.2 Å². The lowest BCUT2D eigenvalue weighted by molar-refractivity contribution is 0.0219. The first-order valence-electron chi connectivity index (χ1n) is 7.05. The molecule has 2 rings (SSSR count). The van der Waals surface area contributed by atoms with E-state index < -0.39 is 12.3 Å². The number of hydrogen-bond acceptors (Lipinski definition) is 6. The van der Waals surface area contributed by atoms with Gasteiger partial charge in [0.1, 0.15) is 34.3 Å². The van der Waals surface area contributed by atoms with Gasteiger partial charge in [-0.3, -0.25) is 0 Å². The minimum atomic E-state index is -1.22. The van der Waals surface area contributed by atoms with Crippen molar-refractivity contribution in [2.75, 3.05) is 14.2 Å². The van der Waals surface area contributed by atoms with Crippen molar-refractivity contribution in [2.24, 2.45) is 0 Å². The zero-order chi connectivity index (χ0) is 17.7. The summed E-state index contributed by atoms with van der Waals surface area (Å²) in [6.07, 6.45) is -0.697. The molecule has 2 N–H and O–H groups in total. The minimum absolute atomic E-state index is 0.201. The van der Waals surface area contributed by atoms with Crippen LogP contribution in [-0.2, 0) is 0 Å². The Morgan fingerprint density at radius 2 is 1.46 bits per heavy atom. The molecule has 128 valence electrons. The molecule has 0 aliphatic heterocycles. The number of benzene rings is 2. The van der Waals surface area contributed by atoms with Gasteiger partial charge in [0, 0.05) is 31.2 Å². The van der Waals surface area contributed by atoms with Crippen LogP contribution in [0.1, 0.15) is 17.3 Å². The standard InChI is InChI=1S/C17H18O7/c1-10(23-11-4-5-15(17(19)20)16(18)9-11)24-14-7-12(21-2)6-13(8-14)22-3/h4-10,18H,1-3H3,(H,19,20). The van der Waals surface area contributed by atoms with Gasteiger partial charge in [0.2, 0.25) is 6.29 Å². The first kappa shape index (κ1) is 17.3. The number of hydrogen-bond donors (Lipinski definition) is 2. The van der Waals surface area contributed by atoms with Gasteiger partial charge in [-0.2, -0.15) is 0 Å². The fourth-order valence-electron chi connectivity index (χ4n) is 2.02. The highest BCUT2D eigenvalue weighted by Crippen LogP contribution is 2.29. The predicted octanol–water partition coefficient (Wildman–Crippen LogP) is 2.91. The van der Waals surface area contributed by atoms with Gasteiger partial charge in [-0.1, -0.05) is 0 Å². The van der Waals surface area contributed by atoms with Crippen LogP contribution in [0.4, 0.5) is 0 Å². The molecule has 0 aliphatic carbocycles. The summed E-state index contributed by atoms with van der Waals surface area (Å²) in [5.74, 6) is 0.298. The summed E-state index contributed by atoms with van der Waals surface area (Å²) in [6, 6.07) is 8.97. The fourth-order valence-corrected chi connectivity index (χ4v) is 2.02. The van der Waals surface area contributed by atoms with Crippen LogP contribution in [0.15, 0.2) is 36.4 Å². The van der Waals surface area contributed by atoms with Crippen LogP contribution in [-0.4, -0.2) is 36.7 Å². The number of carboxylic acid groups (broad SMARTS) is 1. The van der Waals surface area contributed by atoms with E-state index >= 15 is 0 Å². The number of aromatic hydroxyl groups is 1. The maximum absolute atomic E-state index is 10.9. The van der Waals surface area contributed by atoms with Gasteiger partial charge in [-0.25, -0.2) is 4.79 Å². The summed E-state index contributed by atoms with van der Waals surface area (Å²) in [5, 5.41) is 18.5. The van der Waals surface area contributed by atoms with Crippen molar-refractivity contribution in [1.82, 2.24) is 0 Å². The van der Waals surface area contributed by atoms with E-state index in [4.69, 9.17) is 24.1 Å². The molecule has 0 bridgehead atoms. The maximum Gasteiger partial charge on any atom is 0.339 e. The van der Waals surface area contributed by atoms with Crippen LogP contribution in [0.5, 0.6) is 28.7 Å². The van der Waals surface area contributed by atoms with E-state index in [1.165, 1.54) is 32.4 Å². The first-order valence-corrected chi connectivity index (χ1v) is 7.05. The molecule has 7 nitrogen and oxygen atoms in total. The predicted molar refractivity (Wildman–Crippen MR) is 85.3 cm³/mol. The van der Waals surface area contributed by atoms with Gasteiger partial charge in [-0.15, -0.1) is 0 Å². The molecule has 0 heterocycles. The fraction of sp³-hybridized carbons (Fsp3) is 0.235. The van der Waals surface area contributed by atoms with Crippen LogP contribution < -0.4 is 18.9 Å². The highest BCUT2D eigenvalue weighted by atomic mass is 16.7. The zero-order valence-electron chi connectivity index (χ0n) is 13.5. The summed E-state index contributed by atoms with van der Waals surface area (Å²) < 4.78 is 21.5. The van der Waals surface area contributed by atoms with E-state index in [0.717, 1.165) is 0 Å². The minimum Gasteiger partial charge on any atom is -0.507 e. The smallest absolute Gasteiger partial charge is 0.339 e. The molecule has 1 atom stereocenters. The van der Waals surface area contributed by atoms with Gasteiger partial charge in [0.15, 0.2) is 0 Å². The van der Waals surface area contributed by atoms with E-state index in [-0.39, 0.29) is 17.1 Å². The third-order valence-corrected chi connectivity index (χ3v) is 3.13. The van der Waals surface area contributed by atoms with Crippen LogP contribution in [0.3, 0.4) is 0 Å². The highest BCUT2D eigenvalue weighted by Gasteiger charge is 2.13. The highest BCUT2D eigenvalue weighted by molar-refractivity contribution is 5.90. The molecule has 0 amide bonds. The van der Waals surface area contributed by atoms with Gasteiger partial charge in [0.25, 0.3) is 0 Å². The number of methoxy groups -OCH3 is 2. The lowest BCUT2D eigenvalue weighted by atomic mass is 10.2. The summed E-state index contributed by atoms with van der Waals surface area (Å²) in [7, 11) is 3.07. The third-order valence-electron chi connectivity index (χ3n) is 3.13. The van der Waals surface area contributed by atoms with Crippen LogP contribution in [0, 0.1) is 0 Å².